The summed E-state index contributed by atoms with van der Waals surface area (Å²) in [4.78, 5) is 42.7. The van der Waals surface area contributed by atoms with Crippen molar-refractivity contribution in [2.45, 2.75) is 25.4 Å². The third-order valence-electron chi connectivity index (χ3n) is 5.08. The summed E-state index contributed by atoms with van der Waals surface area (Å²) >= 11 is 1.62. The van der Waals surface area contributed by atoms with Crippen LogP contribution in [0.2, 0.25) is 0 Å². The molecule has 8 heteroatoms. The summed E-state index contributed by atoms with van der Waals surface area (Å²) in [5, 5.41) is 4.85. The van der Waals surface area contributed by atoms with Crippen LogP contribution in [0, 0.1) is 0 Å². The Morgan fingerprint density at radius 2 is 1.97 bits per heavy atom. The first-order valence-electron chi connectivity index (χ1n) is 9.98. The first kappa shape index (κ1) is 22.0. The van der Waals surface area contributed by atoms with Gasteiger partial charge < -0.3 is 19.9 Å². The molecular formula is C22H27N3O4S. The lowest BCUT2D eigenvalue weighted by Crippen LogP contribution is -2.61. The van der Waals surface area contributed by atoms with E-state index in [9.17, 15) is 14.4 Å². The zero-order chi connectivity index (χ0) is 21.3. The Morgan fingerprint density at radius 3 is 2.67 bits per heavy atom. The first-order chi connectivity index (χ1) is 14.6. The molecule has 0 radical (unpaired) electrons. The molecule has 0 aliphatic carbocycles. The van der Waals surface area contributed by atoms with Gasteiger partial charge in [0.05, 0.1) is 19.6 Å². The molecule has 30 heavy (non-hydrogen) atoms. The third kappa shape index (κ3) is 5.90. The first-order valence-corrected chi connectivity index (χ1v) is 10.9. The lowest BCUT2D eigenvalue weighted by Gasteiger charge is -2.40. The minimum absolute atomic E-state index is 0.0226. The fourth-order valence-corrected chi connectivity index (χ4v) is 4.15. The molecule has 1 fully saturated rings. The molecule has 1 aliphatic rings. The van der Waals surface area contributed by atoms with E-state index in [4.69, 9.17) is 4.74 Å². The zero-order valence-corrected chi connectivity index (χ0v) is 17.9. The number of hydrogen-bond acceptors (Lipinski definition) is 5. The van der Waals surface area contributed by atoms with Gasteiger partial charge in [-0.25, -0.2) is 0 Å². The molecular weight excluding hydrogens is 402 g/mol. The molecule has 2 heterocycles. The topological polar surface area (TPSA) is 79.0 Å². The number of ether oxygens (including phenoxy) is 1. The molecule has 0 bridgehead atoms. The summed E-state index contributed by atoms with van der Waals surface area (Å²) < 4.78 is 5.06. The molecule has 7 nitrogen and oxygen atoms in total. The van der Waals surface area contributed by atoms with Crippen molar-refractivity contribution >= 4 is 29.1 Å². The normalized spacial score (nSPS) is 16.8. The lowest BCUT2D eigenvalue weighted by atomic mass is 10.1. The Hall–Kier alpha value is -2.71. The zero-order valence-electron chi connectivity index (χ0n) is 17.1. The van der Waals surface area contributed by atoms with Gasteiger partial charge in [0, 0.05) is 31.6 Å². The van der Waals surface area contributed by atoms with Crippen molar-refractivity contribution in [3.8, 4) is 0 Å². The fraction of sp³-hybridized carbons (Fsp3) is 0.409. The fourth-order valence-electron chi connectivity index (χ4n) is 3.45. The van der Waals surface area contributed by atoms with Gasteiger partial charge in [-0.2, -0.15) is 0 Å². The van der Waals surface area contributed by atoms with E-state index in [1.807, 2.05) is 47.8 Å². The van der Waals surface area contributed by atoms with Gasteiger partial charge in [-0.15, -0.1) is 11.3 Å². The number of rotatable bonds is 10. The van der Waals surface area contributed by atoms with Gasteiger partial charge in [0.2, 0.25) is 17.7 Å². The van der Waals surface area contributed by atoms with E-state index in [2.05, 4.69) is 5.32 Å². The number of benzene rings is 1. The van der Waals surface area contributed by atoms with Gasteiger partial charge in [-0.05, 0) is 23.4 Å². The molecule has 2 aromatic rings. The summed E-state index contributed by atoms with van der Waals surface area (Å²) in [6, 6.07) is 12.8. The second-order valence-corrected chi connectivity index (χ2v) is 8.18. The predicted molar refractivity (Wildman–Crippen MR) is 115 cm³/mol. The molecule has 160 valence electrons. The van der Waals surface area contributed by atoms with Crippen molar-refractivity contribution in [1.29, 1.82) is 0 Å². The second kappa shape index (κ2) is 10.9. The summed E-state index contributed by atoms with van der Waals surface area (Å²) in [7, 11) is 1.55. The highest BCUT2D eigenvalue weighted by Gasteiger charge is 2.40. The lowest BCUT2D eigenvalue weighted by molar-refractivity contribution is -0.157. The van der Waals surface area contributed by atoms with Gasteiger partial charge in [-0.3, -0.25) is 14.4 Å². The van der Waals surface area contributed by atoms with Crippen LogP contribution in [-0.4, -0.2) is 66.9 Å². The van der Waals surface area contributed by atoms with Crippen molar-refractivity contribution < 1.29 is 19.1 Å². The smallest absolute Gasteiger partial charge is 0.246 e. The summed E-state index contributed by atoms with van der Waals surface area (Å²) in [6.07, 6.45) is 0.613. The molecule has 1 unspecified atom stereocenters. The van der Waals surface area contributed by atoms with Crippen molar-refractivity contribution in [1.82, 2.24) is 15.1 Å². The number of hydrogen-bond donors (Lipinski definition) is 1. The molecule has 1 atom stereocenters. The van der Waals surface area contributed by atoms with Crippen LogP contribution >= 0.6 is 11.3 Å². The largest absolute Gasteiger partial charge is 0.383 e. The van der Waals surface area contributed by atoms with E-state index in [0.29, 0.717) is 32.7 Å². The van der Waals surface area contributed by atoms with Crippen molar-refractivity contribution in [2.24, 2.45) is 0 Å². The van der Waals surface area contributed by atoms with Crippen LogP contribution in [0.15, 0.2) is 47.8 Å². The van der Waals surface area contributed by atoms with Crippen LogP contribution in [0.1, 0.15) is 16.9 Å². The summed E-state index contributed by atoms with van der Waals surface area (Å²) in [6.45, 7) is 1.51. The molecule has 1 aromatic carbocycles. The SMILES string of the molecule is COCCN1CC(=O)N(CCc2cccs2)C(CC(=O)NCc2ccccc2)C1=O. The van der Waals surface area contributed by atoms with E-state index < -0.39 is 6.04 Å². The Kier molecular flexibility index (Phi) is 7.98. The van der Waals surface area contributed by atoms with Gasteiger partial charge in [0.1, 0.15) is 6.04 Å². The van der Waals surface area contributed by atoms with Crippen molar-refractivity contribution in [3.05, 3.63) is 58.3 Å². The highest BCUT2D eigenvalue weighted by molar-refractivity contribution is 7.09. The number of amides is 3. The minimum atomic E-state index is -0.793. The quantitative estimate of drug-likeness (QED) is 0.623. The van der Waals surface area contributed by atoms with Gasteiger partial charge >= 0.3 is 0 Å². The van der Waals surface area contributed by atoms with E-state index >= 15 is 0 Å². The Balaban J connectivity index is 1.67. The van der Waals surface area contributed by atoms with Crippen molar-refractivity contribution in [2.75, 3.05) is 33.4 Å². The molecule has 1 N–H and O–H groups in total. The highest BCUT2D eigenvalue weighted by Crippen LogP contribution is 2.18. The minimum Gasteiger partial charge on any atom is -0.383 e. The maximum absolute atomic E-state index is 13.1. The van der Waals surface area contributed by atoms with Crippen LogP contribution in [0.5, 0.6) is 0 Å². The number of thiophene rings is 1. The second-order valence-electron chi connectivity index (χ2n) is 7.15. The summed E-state index contributed by atoms with van der Waals surface area (Å²) in [5.74, 6) is -0.587. The van der Waals surface area contributed by atoms with E-state index in [-0.39, 0.29) is 30.7 Å². The van der Waals surface area contributed by atoms with Crippen LogP contribution in [-0.2, 0) is 32.1 Å². The van der Waals surface area contributed by atoms with Crippen LogP contribution in [0.25, 0.3) is 0 Å². The molecule has 0 saturated carbocycles. The Morgan fingerprint density at radius 1 is 1.17 bits per heavy atom. The molecule has 1 saturated heterocycles. The average Bonchev–Trinajstić information content (AvgIpc) is 3.27. The number of nitrogens with zero attached hydrogens (tertiary/aromatic N) is 2. The Labute approximate surface area is 180 Å². The summed E-state index contributed by atoms with van der Waals surface area (Å²) in [5.41, 5.74) is 0.980. The number of carbonyl (C=O) groups excluding carboxylic acids is 3. The van der Waals surface area contributed by atoms with Crippen LogP contribution in [0.4, 0.5) is 0 Å². The predicted octanol–water partition coefficient (Wildman–Crippen LogP) is 1.68. The van der Waals surface area contributed by atoms with Gasteiger partial charge in [0.15, 0.2) is 0 Å². The monoisotopic (exact) mass is 429 g/mol. The molecule has 1 aliphatic heterocycles. The standard InChI is InChI=1S/C22H27N3O4S/c1-29-12-11-24-16-21(27)25(10-9-18-8-5-13-30-18)19(22(24)28)14-20(26)23-15-17-6-3-2-4-7-17/h2-8,13,19H,9-12,14-16H2,1H3,(H,23,26). The average molecular weight is 430 g/mol. The maximum Gasteiger partial charge on any atom is 0.246 e. The third-order valence-corrected chi connectivity index (χ3v) is 6.01. The maximum atomic E-state index is 13.1. The molecule has 3 amide bonds. The van der Waals surface area contributed by atoms with E-state index in [1.165, 1.54) is 4.90 Å². The molecule has 1 aromatic heterocycles. The van der Waals surface area contributed by atoms with Crippen LogP contribution in [0.3, 0.4) is 0 Å². The number of piperazine rings is 1. The number of nitrogens with one attached hydrogen (secondary N) is 1. The van der Waals surface area contributed by atoms with Crippen molar-refractivity contribution in [3.63, 3.8) is 0 Å². The van der Waals surface area contributed by atoms with Gasteiger partial charge in [-0.1, -0.05) is 36.4 Å². The van der Waals surface area contributed by atoms with E-state index in [1.54, 1.807) is 23.3 Å². The number of methoxy groups -OCH3 is 1. The van der Waals surface area contributed by atoms with E-state index in [0.717, 1.165) is 10.4 Å². The highest BCUT2D eigenvalue weighted by atomic mass is 32.1. The Bertz CT molecular complexity index is 841. The molecule has 3 rings (SSSR count). The molecule has 0 spiro atoms. The van der Waals surface area contributed by atoms with Gasteiger partial charge in [0.25, 0.3) is 0 Å². The number of carbonyl (C=O) groups is 3. The van der Waals surface area contributed by atoms with Crippen LogP contribution < -0.4 is 5.32 Å².